The summed E-state index contributed by atoms with van der Waals surface area (Å²) < 4.78 is 0. The zero-order valence-electron chi connectivity index (χ0n) is 7.20. The van der Waals surface area contributed by atoms with E-state index in [2.05, 4.69) is 0 Å². The zero-order chi connectivity index (χ0) is 9.02. The SMILES string of the molecule is CCC(C)C(C(=O)[O-])C(=O)[O-].[Mg+2]. The molecule has 12 heavy (non-hydrogen) atoms. The first kappa shape index (κ1) is 14.2. The Morgan fingerprint density at radius 1 is 1.25 bits per heavy atom. The van der Waals surface area contributed by atoms with Crippen LogP contribution in [0.2, 0.25) is 0 Å². The molecule has 5 heteroatoms. The van der Waals surface area contributed by atoms with Gasteiger partial charge in [-0.05, 0) is 5.92 Å². The first-order valence-electron chi connectivity index (χ1n) is 3.42. The molecule has 0 aromatic rings. The normalized spacial score (nSPS) is 11.9. The molecule has 0 rings (SSSR count). The standard InChI is InChI=1S/C7H12O4.Mg/c1-3-4(2)5(6(8)9)7(10)11;/h4-5H,3H2,1-2H3,(H,8,9)(H,10,11);/q;+2/p-2. The van der Waals surface area contributed by atoms with Crippen LogP contribution in [0.1, 0.15) is 20.3 Å². The van der Waals surface area contributed by atoms with Crippen LogP contribution in [-0.2, 0) is 9.59 Å². The van der Waals surface area contributed by atoms with Gasteiger partial charge in [-0.3, -0.25) is 0 Å². The predicted molar refractivity (Wildman–Crippen MR) is 38.7 cm³/mol. The quantitative estimate of drug-likeness (QED) is 0.364. The summed E-state index contributed by atoms with van der Waals surface area (Å²) in [5.41, 5.74) is 0. The minimum atomic E-state index is -1.57. The Morgan fingerprint density at radius 3 is 1.67 bits per heavy atom. The summed E-state index contributed by atoms with van der Waals surface area (Å²) in [6.07, 6.45) is 0.479. The molecular formula is C7H10MgO4. The molecule has 0 N–H and O–H groups in total. The van der Waals surface area contributed by atoms with E-state index in [1.165, 1.54) is 6.92 Å². The van der Waals surface area contributed by atoms with Crippen LogP contribution in [0.25, 0.3) is 0 Å². The van der Waals surface area contributed by atoms with Gasteiger partial charge in [0.1, 0.15) is 0 Å². The summed E-state index contributed by atoms with van der Waals surface area (Å²) in [5, 5.41) is 20.4. The molecule has 0 amide bonds. The van der Waals surface area contributed by atoms with Crippen LogP contribution in [0.5, 0.6) is 0 Å². The van der Waals surface area contributed by atoms with E-state index in [4.69, 9.17) is 0 Å². The number of rotatable bonds is 4. The Labute approximate surface area is 87.1 Å². The third kappa shape index (κ3) is 3.92. The molecular weight excluding hydrogens is 172 g/mol. The number of aliphatic carboxylic acids is 2. The van der Waals surface area contributed by atoms with Gasteiger partial charge in [-0.15, -0.1) is 0 Å². The van der Waals surface area contributed by atoms with Crippen molar-refractivity contribution in [2.24, 2.45) is 11.8 Å². The fourth-order valence-corrected chi connectivity index (χ4v) is 0.797. The zero-order valence-corrected chi connectivity index (χ0v) is 8.62. The van der Waals surface area contributed by atoms with Gasteiger partial charge in [-0.1, -0.05) is 20.3 Å². The Hall–Kier alpha value is -0.294. The van der Waals surface area contributed by atoms with Crippen molar-refractivity contribution in [3.63, 3.8) is 0 Å². The third-order valence-electron chi connectivity index (χ3n) is 1.72. The van der Waals surface area contributed by atoms with E-state index in [1.54, 1.807) is 6.92 Å². The van der Waals surface area contributed by atoms with Crippen molar-refractivity contribution in [2.45, 2.75) is 20.3 Å². The van der Waals surface area contributed by atoms with E-state index in [9.17, 15) is 19.8 Å². The molecule has 0 radical (unpaired) electrons. The smallest absolute Gasteiger partial charge is 0.549 e. The van der Waals surface area contributed by atoms with Gasteiger partial charge in [0.15, 0.2) is 0 Å². The molecule has 0 aliphatic heterocycles. The summed E-state index contributed by atoms with van der Waals surface area (Å²) in [7, 11) is 0. The summed E-state index contributed by atoms with van der Waals surface area (Å²) in [6.45, 7) is 3.25. The maximum absolute atomic E-state index is 10.2. The van der Waals surface area contributed by atoms with E-state index in [0.29, 0.717) is 6.42 Å². The number of carbonyl (C=O) groups is 2. The van der Waals surface area contributed by atoms with E-state index >= 15 is 0 Å². The van der Waals surface area contributed by atoms with Crippen molar-refractivity contribution in [3.8, 4) is 0 Å². The van der Waals surface area contributed by atoms with Crippen molar-refractivity contribution in [2.75, 3.05) is 0 Å². The number of carbonyl (C=O) groups excluding carboxylic acids is 2. The second-order valence-electron chi connectivity index (χ2n) is 2.50. The van der Waals surface area contributed by atoms with Gasteiger partial charge in [0.25, 0.3) is 0 Å². The van der Waals surface area contributed by atoms with Gasteiger partial charge in [-0.2, -0.15) is 0 Å². The molecule has 0 bridgehead atoms. The average Bonchev–Trinajstić information content (AvgIpc) is 1.85. The number of hydrogen-bond acceptors (Lipinski definition) is 4. The van der Waals surface area contributed by atoms with Gasteiger partial charge in [-0.25, -0.2) is 0 Å². The Morgan fingerprint density at radius 2 is 1.58 bits per heavy atom. The molecule has 0 aromatic heterocycles. The van der Waals surface area contributed by atoms with E-state index < -0.39 is 23.8 Å². The van der Waals surface area contributed by atoms with Crippen LogP contribution in [0, 0.1) is 11.8 Å². The topological polar surface area (TPSA) is 80.3 Å². The molecule has 0 aliphatic rings. The van der Waals surface area contributed by atoms with E-state index in [-0.39, 0.29) is 23.1 Å². The Bertz CT molecular complexity index is 155. The van der Waals surface area contributed by atoms with Crippen LogP contribution in [0.15, 0.2) is 0 Å². The van der Waals surface area contributed by atoms with Crippen LogP contribution in [-0.4, -0.2) is 35.0 Å². The third-order valence-corrected chi connectivity index (χ3v) is 1.72. The van der Waals surface area contributed by atoms with E-state index in [1.807, 2.05) is 0 Å². The Balaban J connectivity index is 0. The molecule has 0 saturated carbocycles. The molecule has 0 spiro atoms. The maximum Gasteiger partial charge on any atom is 2.00 e. The molecule has 4 nitrogen and oxygen atoms in total. The first-order valence-corrected chi connectivity index (χ1v) is 3.42. The molecule has 64 valence electrons. The summed E-state index contributed by atoms with van der Waals surface area (Å²) >= 11 is 0. The summed E-state index contributed by atoms with van der Waals surface area (Å²) in [4.78, 5) is 20.4. The molecule has 0 fully saturated rings. The number of carboxylic acid groups (broad SMARTS) is 2. The van der Waals surface area contributed by atoms with Crippen LogP contribution in [0.4, 0.5) is 0 Å². The summed E-state index contributed by atoms with van der Waals surface area (Å²) in [5.74, 6) is -5.07. The summed E-state index contributed by atoms with van der Waals surface area (Å²) in [6, 6.07) is 0. The van der Waals surface area contributed by atoms with Crippen LogP contribution in [0.3, 0.4) is 0 Å². The number of hydrogen-bond donors (Lipinski definition) is 0. The maximum atomic E-state index is 10.2. The minimum Gasteiger partial charge on any atom is -0.549 e. The second kappa shape index (κ2) is 6.25. The fourth-order valence-electron chi connectivity index (χ4n) is 0.797. The molecule has 1 unspecified atom stereocenters. The van der Waals surface area contributed by atoms with Crippen molar-refractivity contribution in [3.05, 3.63) is 0 Å². The van der Waals surface area contributed by atoms with Gasteiger partial charge in [0.05, 0.1) is 11.9 Å². The first-order chi connectivity index (χ1) is 5.00. The largest absolute Gasteiger partial charge is 2.00 e. The predicted octanol–water partition coefficient (Wildman–Crippen LogP) is -2.23. The van der Waals surface area contributed by atoms with Crippen molar-refractivity contribution in [1.82, 2.24) is 0 Å². The van der Waals surface area contributed by atoms with Crippen molar-refractivity contribution < 1.29 is 19.8 Å². The fraction of sp³-hybridized carbons (Fsp3) is 0.714. The molecule has 1 atom stereocenters. The molecule has 0 aliphatic carbocycles. The van der Waals surface area contributed by atoms with Gasteiger partial charge in [0.2, 0.25) is 0 Å². The van der Waals surface area contributed by atoms with Crippen LogP contribution < -0.4 is 10.2 Å². The van der Waals surface area contributed by atoms with Gasteiger partial charge >= 0.3 is 23.1 Å². The molecule has 0 saturated heterocycles. The second-order valence-corrected chi connectivity index (χ2v) is 2.50. The van der Waals surface area contributed by atoms with Crippen LogP contribution >= 0.6 is 0 Å². The van der Waals surface area contributed by atoms with Crippen molar-refractivity contribution in [1.29, 1.82) is 0 Å². The van der Waals surface area contributed by atoms with Crippen molar-refractivity contribution >= 4 is 35.0 Å². The van der Waals surface area contributed by atoms with Gasteiger partial charge < -0.3 is 19.8 Å². The molecule has 0 aromatic carbocycles. The van der Waals surface area contributed by atoms with Gasteiger partial charge in [0, 0.05) is 5.92 Å². The average molecular weight is 182 g/mol. The molecule has 0 heterocycles. The number of carboxylic acids is 2. The minimum absolute atomic E-state index is 0. The van der Waals surface area contributed by atoms with E-state index in [0.717, 1.165) is 0 Å². The Kier molecular flexibility index (Phi) is 7.42. The monoisotopic (exact) mass is 182 g/mol.